The smallest absolute Gasteiger partial charge is 0.279 e. The molecular weight excluding hydrogens is 480 g/mol. The van der Waals surface area contributed by atoms with Gasteiger partial charge in [0.25, 0.3) is 5.91 Å². The number of quaternary nitrogens is 1. The molecule has 3 atom stereocenters. The molecule has 0 aromatic heterocycles. The summed E-state index contributed by atoms with van der Waals surface area (Å²) in [6.45, 7) is 1.46. The number of rotatable bonds is 20. The Bertz CT molecular complexity index is 817. The first-order valence-corrected chi connectivity index (χ1v) is 13.1. The number of hydrogen-bond donors (Lipinski definition) is 3. The van der Waals surface area contributed by atoms with Gasteiger partial charge in [0.05, 0.1) is 24.4 Å². The Morgan fingerprint density at radius 2 is 1.58 bits per heavy atom. The van der Waals surface area contributed by atoms with E-state index in [1.165, 1.54) is 11.8 Å². The van der Waals surface area contributed by atoms with Crippen molar-refractivity contribution in [3.63, 3.8) is 0 Å². The number of carbonyl (C=O) groups excluding carboxylic acids is 3. The van der Waals surface area contributed by atoms with Gasteiger partial charge in [0.2, 0.25) is 0 Å². The molecule has 0 unspecified atom stereocenters. The fourth-order valence-corrected chi connectivity index (χ4v) is 3.80. The summed E-state index contributed by atoms with van der Waals surface area (Å²) < 4.78 is 0. The third-order valence-corrected chi connectivity index (χ3v) is 6.04. The topological polar surface area (TPSA) is 157 Å². The van der Waals surface area contributed by atoms with Crippen LogP contribution in [0.1, 0.15) is 45.4 Å². The standard InChI is InChI=1S/C27H40N2O6S/c1-2-3-14-17-23(30)24(36-21-22(28)27(35)29-20-26(33)34)18-15-12-10-8-6-4-5-7-9-11-13-16-19-25(31)32/h3,5-8,10-15,18,22-24,30H,2,4,9,16-17,19-21,28H2,1H3,(H,29,35)(H,31,32)(H,33,34)/p-1/b7-5-,8-6?,12-10?,13-11-,14-3-,18-15?/t22-,23+,24-/m0/s1. The number of allylic oxidation sites excluding steroid dienone is 10. The molecule has 0 heterocycles. The van der Waals surface area contributed by atoms with Crippen molar-refractivity contribution in [2.45, 2.75) is 62.8 Å². The monoisotopic (exact) mass is 519 g/mol. The molecule has 0 spiro atoms. The molecule has 5 N–H and O–H groups in total. The van der Waals surface area contributed by atoms with Gasteiger partial charge >= 0.3 is 0 Å². The first-order chi connectivity index (χ1) is 17.3. The van der Waals surface area contributed by atoms with E-state index in [-0.39, 0.29) is 11.7 Å². The minimum Gasteiger partial charge on any atom is -0.550 e. The van der Waals surface area contributed by atoms with Gasteiger partial charge in [0, 0.05) is 11.2 Å². The molecule has 9 heteroatoms. The molecule has 0 aliphatic heterocycles. The number of carboxylic acid groups (broad SMARTS) is 2. The molecule has 0 aromatic rings. The van der Waals surface area contributed by atoms with Gasteiger partial charge in [0.1, 0.15) is 0 Å². The fourth-order valence-electron chi connectivity index (χ4n) is 2.66. The second-order valence-corrected chi connectivity index (χ2v) is 9.00. The van der Waals surface area contributed by atoms with Crippen molar-refractivity contribution in [2.24, 2.45) is 0 Å². The van der Waals surface area contributed by atoms with Crippen molar-refractivity contribution in [1.82, 2.24) is 5.32 Å². The van der Waals surface area contributed by atoms with E-state index in [9.17, 15) is 29.7 Å². The predicted octanol–water partition coefficient (Wildman–Crippen LogP) is 0.373. The lowest BCUT2D eigenvalue weighted by Crippen LogP contribution is -2.69. The molecule has 0 saturated heterocycles. The molecule has 0 rings (SSSR count). The van der Waals surface area contributed by atoms with E-state index < -0.39 is 36.5 Å². The van der Waals surface area contributed by atoms with Gasteiger partial charge in [-0.25, -0.2) is 0 Å². The quantitative estimate of drug-likeness (QED) is 0.155. The van der Waals surface area contributed by atoms with E-state index >= 15 is 0 Å². The van der Waals surface area contributed by atoms with E-state index in [0.29, 0.717) is 18.6 Å². The van der Waals surface area contributed by atoms with Crippen LogP contribution in [-0.4, -0.2) is 52.6 Å². The Labute approximate surface area is 218 Å². The van der Waals surface area contributed by atoms with Crippen LogP contribution < -0.4 is 21.3 Å². The third kappa shape index (κ3) is 20.5. The third-order valence-electron chi connectivity index (χ3n) is 4.59. The maximum atomic E-state index is 11.9. The molecule has 0 aromatic carbocycles. The van der Waals surface area contributed by atoms with Crippen LogP contribution in [0.4, 0.5) is 0 Å². The highest BCUT2D eigenvalue weighted by molar-refractivity contribution is 8.00. The number of carboxylic acids is 2. The van der Waals surface area contributed by atoms with Crippen molar-refractivity contribution >= 4 is 29.6 Å². The second kappa shape index (κ2) is 22.6. The number of nitrogens with one attached hydrogen (secondary N) is 1. The SMILES string of the molecule is CC/C=C\C[C@@H](O)[C@H](C=CC=CC=CC/C=C\C/C=C\CCC(=O)[O-])SC[C@H]([NH3+])C(=O)NCC(=O)[O-]. The summed E-state index contributed by atoms with van der Waals surface area (Å²) in [4.78, 5) is 32.7. The molecule has 0 radical (unpaired) electrons. The lowest BCUT2D eigenvalue weighted by atomic mass is 10.1. The van der Waals surface area contributed by atoms with Gasteiger partial charge in [-0.2, -0.15) is 0 Å². The zero-order valence-corrected chi connectivity index (χ0v) is 21.7. The van der Waals surface area contributed by atoms with Crippen molar-refractivity contribution < 1.29 is 35.4 Å². The maximum absolute atomic E-state index is 11.9. The van der Waals surface area contributed by atoms with Crippen LogP contribution in [-0.2, 0) is 14.4 Å². The Kier molecular flexibility index (Phi) is 20.8. The summed E-state index contributed by atoms with van der Waals surface area (Å²) in [7, 11) is 0. The lowest BCUT2D eigenvalue weighted by Gasteiger charge is -2.19. The molecule has 0 bridgehead atoms. The highest BCUT2D eigenvalue weighted by atomic mass is 32.2. The van der Waals surface area contributed by atoms with Crippen LogP contribution in [0.15, 0.2) is 72.9 Å². The number of amides is 1. The van der Waals surface area contributed by atoms with Crippen LogP contribution in [0.2, 0.25) is 0 Å². The number of aliphatic hydroxyl groups is 1. The van der Waals surface area contributed by atoms with Crippen molar-refractivity contribution in [1.29, 1.82) is 0 Å². The summed E-state index contributed by atoms with van der Waals surface area (Å²) in [6, 6.07) is -0.660. The summed E-state index contributed by atoms with van der Waals surface area (Å²) in [5.74, 6) is -2.55. The largest absolute Gasteiger partial charge is 0.550 e. The Hall–Kier alpha value is -2.88. The van der Waals surface area contributed by atoms with Crippen LogP contribution >= 0.6 is 11.8 Å². The van der Waals surface area contributed by atoms with E-state index in [4.69, 9.17) is 0 Å². The number of thioether (sulfide) groups is 1. The molecule has 200 valence electrons. The average Bonchev–Trinajstić information content (AvgIpc) is 2.84. The molecule has 0 saturated carbocycles. The first-order valence-electron chi connectivity index (χ1n) is 12.0. The summed E-state index contributed by atoms with van der Waals surface area (Å²) in [6.07, 6.45) is 25.8. The predicted molar refractivity (Wildman–Crippen MR) is 140 cm³/mol. The van der Waals surface area contributed by atoms with E-state index in [1.54, 1.807) is 0 Å². The average molecular weight is 520 g/mol. The number of aliphatic carboxylic acids is 2. The highest BCUT2D eigenvalue weighted by Gasteiger charge is 2.22. The summed E-state index contributed by atoms with van der Waals surface area (Å²) in [5, 5.41) is 33.4. The van der Waals surface area contributed by atoms with Crippen molar-refractivity contribution in [3.8, 4) is 0 Å². The van der Waals surface area contributed by atoms with E-state index in [2.05, 4.69) is 11.1 Å². The zero-order valence-electron chi connectivity index (χ0n) is 20.9. The molecule has 0 aliphatic carbocycles. The Morgan fingerprint density at radius 1 is 0.917 bits per heavy atom. The number of aliphatic hydroxyl groups excluding tert-OH is 1. The van der Waals surface area contributed by atoms with Gasteiger partial charge < -0.3 is 36.0 Å². The first kappa shape index (κ1) is 33.1. The maximum Gasteiger partial charge on any atom is 0.279 e. The molecule has 0 aliphatic rings. The minimum absolute atomic E-state index is 0.0399. The molecule has 0 fully saturated rings. The van der Waals surface area contributed by atoms with Crippen LogP contribution in [0.5, 0.6) is 0 Å². The Balaban J connectivity index is 4.62. The van der Waals surface area contributed by atoms with Crippen LogP contribution in [0.25, 0.3) is 0 Å². The second-order valence-electron chi connectivity index (χ2n) is 7.79. The van der Waals surface area contributed by atoms with E-state index in [1.807, 2.05) is 79.8 Å². The zero-order chi connectivity index (χ0) is 27.0. The highest BCUT2D eigenvalue weighted by Crippen LogP contribution is 2.20. The van der Waals surface area contributed by atoms with Gasteiger partial charge in [-0.15, -0.1) is 11.8 Å². The lowest BCUT2D eigenvalue weighted by molar-refractivity contribution is -0.396. The minimum atomic E-state index is -1.36. The Morgan fingerprint density at radius 3 is 2.25 bits per heavy atom. The normalized spacial score (nSPS) is 15.1. The van der Waals surface area contributed by atoms with Crippen molar-refractivity contribution in [2.75, 3.05) is 12.3 Å². The van der Waals surface area contributed by atoms with Gasteiger partial charge in [0.15, 0.2) is 6.04 Å². The molecule has 1 amide bonds. The van der Waals surface area contributed by atoms with Crippen LogP contribution in [0, 0.1) is 0 Å². The summed E-state index contributed by atoms with van der Waals surface area (Å²) in [5.41, 5.74) is 3.78. The van der Waals surface area contributed by atoms with Crippen LogP contribution in [0.3, 0.4) is 0 Å². The number of carbonyl (C=O) groups is 3. The molecule has 8 nitrogen and oxygen atoms in total. The number of hydrogen-bond acceptors (Lipinski definition) is 7. The molecule has 36 heavy (non-hydrogen) atoms. The fraction of sp³-hybridized carbons (Fsp3) is 0.444. The van der Waals surface area contributed by atoms with E-state index in [0.717, 1.165) is 19.3 Å². The van der Waals surface area contributed by atoms with Gasteiger partial charge in [-0.3, -0.25) is 4.79 Å². The summed E-state index contributed by atoms with van der Waals surface area (Å²) >= 11 is 1.39. The van der Waals surface area contributed by atoms with Gasteiger partial charge in [-0.05, 0) is 38.5 Å². The van der Waals surface area contributed by atoms with Crippen molar-refractivity contribution in [3.05, 3.63) is 72.9 Å². The molecular formula is C27H39N2O6S-. The van der Waals surface area contributed by atoms with Gasteiger partial charge in [-0.1, -0.05) is 79.8 Å².